The largest absolute Gasteiger partial charge is 0.390 e. The van der Waals surface area contributed by atoms with Crippen molar-refractivity contribution in [2.75, 3.05) is 0 Å². The lowest BCUT2D eigenvalue weighted by molar-refractivity contribution is 0.0849. The summed E-state index contributed by atoms with van der Waals surface area (Å²) in [6.45, 7) is 0. The van der Waals surface area contributed by atoms with E-state index in [9.17, 15) is 14.7 Å². The van der Waals surface area contributed by atoms with Crippen LogP contribution < -0.4 is 10.9 Å². The van der Waals surface area contributed by atoms with Crippen molar-refractivity contribution >= 4 is 5.91 Å². The van der Waals surface area contributed by atoms with E-state index >= 15 is 0 Å². The predicted molar refractivity (Wildman–Crippen MR) is 78.0 cm³/mol. The normalized spacial score (nSPS) is 20.1. The number of carbonyl (C=O) groups is 1. The fraction of sp³-hybridized carbons (Fsp3) is 0.250. The first-order valence-corrected chi connectivity index (χ1v) is 6.80. The average molecular weight is 284 g/mol. The molecule has 2 aromatic rings. The monoisotopic (exact) mass is 284 g/mol. The van der Waals surface area contributed by atoms with Gasteiger partial charge in [0.15, 0.2) is 0 Å². The zero-order valence-electron chi connectivity index (χ0n) is 11.6. The quantitative estimate of drug-likeness (QED) is 0.856. The first-order chi connectivity index (χ1) is 10.1. The minimum absolute atomic E-state index is 0.241. The molecule has 0 saturated heterocycles. The summed E-state index contributed by atoms with van der Waals surface area (Å²) in [6.07, 6.45) is -0.124. The molecule has 0 saturated carbocycles. The number of nitrogens with one attached hydrogen (secondary N) is 1. The number of aliphatic hydroxyl groups excluding tert-OH is 1. The van der Waals surface area contributed by atoms with Gasteiger partial charge in [-0.25, -0.2) is 0 Å². The lowest BCUT2D eigenvalue weighted by Gasteiger charge is -2.18. The second kappa shape index (κ2) is 5.18. The van der Waals surface area contributed by atoms with Crippen molar-refractivity contribution in [1.82, 2.24) is 9.88 Å². The van der Waals surface area contributed by atoms with E-state index in [1.54, 1.807) is 19.2 Å². The lowest BCUT2D eigenvalue weighted by atomic mass is 10.1. The van der Waals surface area contributed by atoms with Crippen molar-refractivity contribution in [3.63, 3.8) is 0 Å². The van der Waals surface area contributed by atoms with Gasteiger partial charge in [-0.3, -0.25) is 9.59 Å². The molecule has 2 unspecified atom stereocenters. The van der Waals surface area contributed by atoms with E-state index in [4.69, 9.17) is 0 Å². The van der Waals surface area contributed by atoms with Crippen LogP contribution in [0.2, 0.25) is 0 Å². The zero-order chi connectivity index (χ0) is 15.0. The molecular weight excluding hydrogens is 268 g/mol. The number of nitrogens with zero attached hydrogens (tertiary/aromatic N) is 1. The Morgan fingerprint density at radius 1 is 1.24 bits per heavy atom. The number of hydrogen-bond donors (Lipinski definition) is 2. The van der Waals surface area contributed by atoms with E-state index in [-0.39, 0.29) is 17.2 Å². The van der Waals surface area contributed by atoms with E-state index in [1.165, 1.54) is 10.6 Å². The molecule has 108 valence electrons. The number of pyridine rings is 1. The Labute approximate surface area is 121 Å². The number of amides is 1. The van der Waals surface area contributed by atoms with Gasteiger partial charge in [0.25, 0.3) is 11.5 Å². The molecule has 0 spiro atoms. The molecule has 1 aromatic heterocycles. The van der Waals surface area contributed by atoms with Crippen LogP contribution in [0.15, 0.2) is 47.3 Å². The van der Waals surface area contributed by atoms with E-state index in [2.05, 4.69) is 5.32 Å². The Kier molecular flexibility index (Phi) is 3.35. The molecule has 0 bridgehead atoms. The molecule has 5 nitrogen and oxygen atoms in total. The molecule has 0 aliphatic heterocycles. The van der Waals surface area contributed by atoms with Crippen LogP contribution in [0.25, 0.3) is 0 Å². The van der Waals surface area contributed by atoms with Gasteiger partial charge in [0.2, 0.25) is 0 Å². The molecule has 1 aliphatic rings. The Hall–Kier alpha value is -2.40. The van der Waals surface area contributed by atoms with Gasteiger partial charge in [-0.15, -0.1) is 0 Å². The predicted octanol–water partition coefficient (Wildman–Crippen LogP) is 0.773. The highest BCUT2D eigenvalue weighted by atomic mass is 16.3. The van der Waals surface area contributed by atoms with Crippen LogP contribution >= 0.6 is 0 Å². The summed E-state index contributed by atoms with van der Waals surface area (Å²) in [7, 11) is 1.55. The standard InChI is InChI=1S/C16H16N2O3/c1-18-12(7-4-8-14(18)20)16(21)17-15-11-6-3-2-5-10(11)9-13(15)19/h2-8,13,15,19H,9H2,1H3,(H,17,21). The van der Waals surface area contributed by atoms with Crippen molar-refractivity contribution in [1.29, 1.82) is 0 Å². The van der Waals surface area contributed by atoms with Crippen LogP contribution in [-0.2, 0) is 13.5 Å². The van der Waals surface area contributed by atoms with Crippen LogP contribution in [0, 0.1) is 0 Å². The Morgan fingerprint density at radius 2 is 2.00 bits per heavy atom. The third-order valence-corrected chi connectivity index (χ3v) is 3.91. The van der Waals surface area contributed by atoms with Crippen LogP contribution in [-0.4, -0.2) is 21.7 Å². The van der Waals surface area contributed by atoms with E-state index in [0.29, 0.717) is 6.42 Å². The number of hydrogen-bond acceptors (Lipinski definition) is 3. The van der Waals surface area contributed by atoms with Gasteiger partial charge in [0, 0.05) is 19.5 Å². The van der Waals surface area contributed by atoms with Gasteiger partial charge in [-0.1, -0.05) is 30.3 Å². The molecule has 2 N–H and O–H groups in total. The molecule has 1 amide bonds. The molecule has 21 heavy (non-hydrogen) atoms. The molecule has 2 atom stereocenters. The number of fused-ring (bicyclic) bond motifs is 1. The molecule has 1 heterocycles. The maximum atomic E-state index is 12.3. The Morgan fingerprint density at radius 3 is 2.81 bits per heavy atom. The third kappa shape index (κ3) is 2.36. The van der Waals surface area contributed by atoms with Crippen LogP contribution in [0.3, 0.4) is 0 Å². The van der Waals surface area contributed by atoms with E-state index in [1.807, 2.05) is 24.3 Å². The summed E-state index contributed by atoms with van der Waals surface area (Å²) in [5.74, 6) is -0.365. The number of benzene rings is 1. The molecule has 3 rings (SSSR count). The van der Waals surface area contributed by atoms with Crippen molar-refractivity contribution in [3.05, 3.63) is 69.6 Å². The lowest BCUT2D eigenvalue weighted by Crippen LogP contribution is -2.36. The van der Waals surface area contributed by atoms with Crippen molar-refractivity contribution < 1.29 is 9.90 Å². The topological polar surface area (TPSA) is 71.3 Å². The average Bonchev–Trinajstić information content (AvgIpc) is 2.78. The van der Waals surface area contributed by atoms with Crippen molar-refractivity contribution in [2.24, 2.45) is 7.05 Å². The van der Waals surface area contributed by atoms with Gasteiger partial charge in [-0.05, 0) is 17.2 Å². The number of rotatable bonds is 2. The van der Waals surface area contributed by atoms with Crippen LogP contribution in [0.5, 0.6) is 0 Å². The smallest absolute Gasteiger partial charge is 0.268 e. The highest BCUT2D eigenvalue weighted by Crippen LogP contribution is 2.31. The van der Waals surface area contributed by atoms with E-state index in [0.717, 1.165) is 11.1 Å². The second-order valence-electron chi connectivity index (χ2n) is 5.23. The maximum Gasteiger partial charge on any atom is 0.268 e. The van der Waals surface area contributed by atoms with Gasteiger partial charge >= 0.3 is 0 Å². The summed E-state index contributed by atoms with van der Waals surface area (Å²) in [4.78, 5) is 23.9. The van der Waals surface area contributed by atoms with E-state index < -0.39 is 12.1 Å². The van der Waals surface area contributed by atoms with Gasteiger partial charge in [0.05, 0.1) is 12.1 Å². The van der Waals surface area contributed by atoms with Crippen molar-refractivity contribution in [3.8, 4) is 0 Å². The molecular formula is C16H16N2O3. The highest BCUT2D eigenvalue weighted by molar-refractivity contribution is 5.92. The highest BCUT2D eigenvalue weighted by Gasteiger charge is 2.32. The fourth-order valence-electron chi connectivity index (χ4n) is 2.75. The number of carbonyl (C=O) groups excluding carboxylic acids is 1. The third-order valence-electron chi connectivity index (χ3n) is 3.91. The molecule has 5 heteroatoms. The fourth-order valence-corrected chi connectivity index (χ4v) is 2.75. The Balaban J connectivity index is 1.89. The summed E-state index contributed by atoms with van der Waals surface area (Å²) in [5, 5.41) is 13.0. The number of aliphatic hydroxyl groups is 1. The van der Waals surface area contributed by atoms with Crippen molar-refractivity contribution in [2.45, 2.75) is 18.6 Å². The summed E-state index contributed by atoms with van der Waals surface area (Å²) in [6, 6.07) is 11.7. The van der Waals surface area contributed by atoms with Gasteiger partial charge in [0.1, 0.15) is 5.69 Å². The molecule has 1 aromatic carbocycles. The van der Waals surface area contributed by atoms with Crippen LogP contribution in [0.1, 0.15) is 27.7 Å². The summed E-state index contributed by atoms with van der Waals surface area (Å²) < 4.78 is 1.29. The zero-order valence-corrected chi connectivity index (χ0v) is 11.6. The summed E-state index contributed by atoms with van der Waals surface area (Å²) >= 11 is 0. The minimum atomic E-state index is -0.646. The maximum absolute atomic E-state index is 12.3. The summed E-state index contributed by atoms with van der Waals surface area (Å²) in [5.41, 5.74) is 2.01. The first kappa shape index (κ1) is 13.6. The first-order valence-electron chi connectivity index (χ1n) is 6.80. The molecule has 0 radical (unpaired) electrons. The Bertz CT molecular complexity index is 751. The van der Waals surface area contributed by atoms with Gasteiger partial charge in [-0.2, -0.15) is 0 Å². The SMILES string of the molecule is Cn1c(C(=O)NC2c3ccccc3CC2O)cccc1=O. The minimum Gasteiger partial charge on any atom is -0.390 e. The molecule has 0 fully saturated rings. The van der Waals surface area contributed by atoms with Crippen LogP contribution in [0.4, 0.5) is 0 Å². The second-order valence-corrected chi connectivity index (χ2v) is 5.23. The molecule has 1 aliphatic carbocycles. The van der Waals surface area contributed by atoms with Gasteiger partial charge < -0.3 is 15.0 Å². The number of aromatic nitrogens is 1.